The normalized spacial score (nSPS) is 12.8. The van der Waals surface area contributed by atoms with Gasteiger partial charge in [0.15, 0.2) is 0 Å². The summed E-state index contributed by atoms with van der Waals surface area (Å²) in [7, 11) is 2.23. The summed E-state index contributed by atoms with van der Waals surface area (Å²) in [5.41, 5.74) is 2.86. The van der Waals surface area contributed by atoms with E-state index in [1.54, 1.807) is 0 Å². The first-order valence-electron chi connectivity index (χ1n) is 8.22. The fraction of sp³-hybridized carbons (Fsp3) is 0.667. The number of benzene rings is 1. The molecule has 2 nitrogen and oxygen atoms in total. The molecular weight excluding hydrogens is 244 g/mol. The lowest BCUT2D eigenvalue weighted by atomic mass is 10.0. The van der Waals surface area contributed by atoms with Crippen LogP contribution in [0.25, 0.3) is 0 Å². The number of nitrogens with one attached hydrogen (secondary N) is 1. The van der Waals surface area contributed by atoms with E-state index < -0.39 is 0 Å². The maximum absolute atomic E-state index is 3.62. The van der Waals surface area contributed by atoms with Crippen molar-refractivity contribution in [3.05, 3.63) is 35.4 Å². The van der Waals surface area contributed by atoms with Crippen LogP contribution in [-0.4, -0.2) is 31.6 Å². The number of hydrogen-bond acceptors (Lipinski definition) is 2. The molecule has 0 bridgehead atoms. The van der Waals surface area contributed by atoms with E-state index in [2.05, 4.69) is 62.3 Å². The Kier molecular flexibility index (Phi) is 8.56. The van der Waals surface area contributed by atoms with Gasteiger partial charge in [-0.05, 0) is 44.1 Å². The second-order valence-corrected chi connectivity index (χ2v) is 5.72. The molecule has 0 radical (unpaired) electrons. The van der Waals surface area contributed by atoms with Crippen molar-refractivity contribution in [2.24, 2.45) is 0 Å². The third kappa shape index (κ3) is 6.06. The van der Waals surface area contributed by atoms with E-state index in [0.29, 0.717) is 6.04 Å². The van der Waals surface area contributed by atoms with E-state index >= 15 is 0 Å². The van der Waals surface area contributed by atoms with Gasteiger partial charge in [0.2, 0.25) is 0 Å². The number of nitrogens with zero attached hydrogens (tertiary/aromatic N) is 1. The van der Waals surface area contributed by atoms with Crippen LogP contribution < -0.4 is 5.32 Å². The highest BCUT2D eigenvalue weighted by molar-refractivity contribution is 5.25. The SMILES string of the molecule is CCCCN(C)CC(NCC)c1ccc(CCC)cc1. The first-order valence-corrected chi connectivity index (χ1v) is 8.22. The fourth-order valence-electron chi connectivity index (χ4n) is 2.57. The summed E-state index contributed by atoms with van der Waals surface area (Å²) in [5, 5.41) is 3.62. The van der Waals surface area contributed by atoms with Crippen molar-refractivity contribution >= 4 is 0 Å². The zero-order valence-corrected chi connectivity index (χ0v) is 13.8. The molecule has 1 aromatic rings. The smallest absolute Gasteiger partial charge is 0.0449 e. The van der Waals surface area contributed by atoms with E-state index in [1.165, 1.54) is 43.4 Å². The summed E-state index contributed by atoms with van der Waals surface area (Å²) in [4.78, 5) is 2.44. The Morgan fingerprint density at radius 1 is 1.05 bits per heavy atom. The molecule has 0 heterocycles. The highest BCUT2D eigenvalue weighted by Crippen LogP contribution is 2.16. The van der Waals surface area contributed by atoms with Crippen molar-refractivity contribution in [3.63, 3.8) is 0 Å². The van der Waals surface area contributed by atoms with Crippen molar-refractivity contribution in [2.45, 2.75) is 52.5 Å². The van der Waals surface area contributed by atoms with Crippen LogP contribution in [0, 0.1) is 0 Å². The fourth-order valence-corrected chi connectivity index (χ4v) is 2.57. The average Bonchev–Trinajstić information content (AvgIpc) is 2.46. The van der Waals surface area contributed by atoms with Crippen LogP contribution in [0.3, 0.4) is 0 Å². The van der Waals surface area contributed by atoms with Crippen LogP contribution in [0.5, 0.6) is 0 Å². The molecule has 20 heavy (non-hydrogen) atoms. The zero-order valence-electron chi connectivity index (χ0n) is 13.8. The van der Waals surface area contributed by atoms with Gasteiger partial charge in [-0.2, -0.15) is 0 Å². The topological polar surface area (TPSA) is 15.3 Å². The second kappa shape index (κ2) is 9.95. The van der Waals surface area contributed by atoms with Crippen molar-refractivity contribution < 1.29 is 0 Å². The average molecular weight is 276 g/mol. The third-order valence-corrected chi connectivity index (χ3v) is 3.76. The molecule has 0 aliphatic heterocycles. The van der Waals surface area contributed by atoms with E-state index in [1.807, 2.05) is 0 Å². The first kappa shape index (κ1) is 17.2. The van der Waals surface area contributed by atoms with Gasteiger partial charge in [0, 0.05) is 12.6 Å². The molecule has 1 unspecified atom stereocenters. The highest BCUT2D eigenvalue weighted by Gasteiger charge is 2.12. The van der Waals surface area contributed by atoms with Crippen LogP contribution in [0.15, 0.2) is 24.3 Å². The quantitative estimate of drug-likeness (QED) is 0.694. The minimum atomic E-state index is 0.442. The van der Waals surface area contributed by atoms with Gasteiger partial charge in [-0.3, -0.25) is 0 Å². The lowest BCUT2D eigenvalue weighted by molar-refractivity contribution is 0.288. The molecule has 0 aliphatic carbocycles. The molecule has 1 atom stereocenters. The number of rotatable bonds is 10. The highest BCUT2D eigenvalue weighted by atomic mass is 15.1. The molecule has 0 spiro atoms. The van der Waals surface area contributed by atoms with E-state index in [0.717, 1.165) is 13.1 Å². The Balaban J connectivity index is 2.64. The van der Waals surface area contributed by atoms with Crippen molar-refractivity contribution in [1.29, 1.82) is 0 Å². The van der Waals surface area contributed by atoms with Gasteiger partial charge in [0.25, 0.3) is 0 Å². The number of unbranched alkanes of at least 4 members (excludes halogenated alkanes) is 1. The van der Waals surface area contributed by atoms with E-state index in [4.69, 9.17) is 0 Å². The molecule has 0 saturated carbocycles. The maximum atomic E-state index is 3.62. The second-order valence-electron chi connectivity index (χ2n) is 5.72. The first-order chi connectivity index (χ1) is 9.71. The van der Waals surface area contributed by atoms with Crippen molar-refractivity contribution in [1.82, 2.24) is 10.2 Å². The molecule has 114 valence electrons. The summed E-state index contributed by atoms with van der Waals surface area (Å²) in [6, 6.07) is 9.61. The summed E-state index contributed by atoms with van der Waals surface area (Å²) in [6.07, 6.45) is 4.95. The van der Waals surface area contributed by atoms with Gasteiger partial charge < -0.3 is 10.2 Å². The van der Waals surface area contributed by atoms with Crippen LogP contribution in [0.2, 0.25) is 0 Å². The summed E-state index contributed by atoms with van der Waals surface area (Å²) in [5.74, 6) is 0. The minimum absolute atomic E-state index is 0.442. The molecule has 0 saturated heterocycles. The molecule has 0 fully saturated rings. The lowest BCUT2D eigenvalue weighted by Gasteiger charge is -2.25. The Morgan fingerprint density at radius 3 is 2.30 bits per heavy atom. The van der Waals surface area contributed by atoms with E-state index in [-0.39, 0.29) is 0 Å². The van der Waals surface area contributed by atoms with Crippen LogP contribution in [0.1, 0.15) is 57.2 Å². The molecule has 2 heteroatoms. The number of aryl methyl sites for hydroxylation is 1. The molecular formula is C18H32N2. The Labute approximate surface area is 125 Å². The van der Waals surface area contributed by atoms with Crippen molar-refractivity contribution in [3.8, 4) is 0 Å². The van der Waals surface area contributed by atoms with Crippen LogP contribution >= 0.6 is 0 Å². The Morgan fingerprint density at radius 2 is 1.75 bits per heavy atom. The van der Waals surface area contributed by atoms with Gasteiger partial charge in [0.05, 0.1) is 0 Å². The monoisotopic (exact) mass is 276 g/mol. The molecule has 1 aromatic carbocycles. The maximum Gasteiger partial charge on any atom is 0.0449 e. The lowest BCUT2D eigenvalue weighted by Crippen LogP contribution is -2.33. The van der Waals surface area contributed by atoms with Gasteiger partial charge >= 0.3 is 0 Å². The van der Waals surface area contributed by atoms with Crippen molar-refractivity contribution in [2.75, 3.05) is 26.7 Å². The molecule has 1 N–H and O–H groups in total. The summed E-state index contributed by atoms with van der Waals surface area (Å²) < 4.78 is 0. The van der Waals surface area contributed by atoms with Gasteiger partial charge in [-0.25, -0.2) is 0 Å². The molecule has 0 aromatic heterocycles. The molecule has 0 aliphatic rings. The number of hydrogen-bond donors (Lipinski definition) is 1. The van der Waals surface area contributed by atoms with Crippen LogP contribution in [-0.2, 0) is 6.42 Å². The minimum Gasteiger partial charge on any atom is -0.309 e. The number of likely N-dealkylation sites (N-methyl/N-ethyl adjacent to an activating group) is 2. The van der Waals surface area contributed by atoms with Gasteiger partial charge in [-0.1, -0.05) is 57.9 Å². The van der Waals surface area contributed by atoms with Crippen LogP contribution in [0.4, 0.5) is 0 Å². The Hall–Kier alpha value is -0.860. The predicted octanol–water partition coefficient (Wildman–Crippen LogP) is 4.02. The van der Waals surface area contributed by atoms with Gasteiger partial charge in [-0.15, -0.1) is 0 Å². The molecule has 1 rings (SSSR count). The largest absolute Gasteiger partial charge is 0.309 e. The summed E-state index contributed by atoms with van der Waals surface area (Å²) in [6.45, 7) is 9.96. The van der Waals surface area contributed by atoms with Gasteiger partial charge in [0.1, 0.15) is 0 Å². The van der Waals surface area contributed by atoms with E-state index in [9.17, 15) is 0 Å². The zero-order chi connectivity index (χ0) is 14.8. The summed E-state index contributed by atoms with van der Waals surface area (Å²) >= 11 is 0. The Bertz CT molecular complexity index is 345. The molecule has 0 amide bonds. The predicted molar refractivity (Wildman–Crippen MR) is 89.3 cm³/mol. The third-order valence-electron chi connectivity index (χ3n) is 3.76. The standard InChI is InChI=1S/C18H32N2/c1-5-8-14-20(4)15-18(19-7-3)17-12-10-16(9-6-2)11-13-17/h10-13,18-19H,5-9,14-15H2,1-4H3.